The predicted molar refractivity (Wildman–Crippen MR) is 97.8 cm³/mol. The van der Waals surface area contributed by atoms with Gasteiger partial charge in [-0.25, -0.2) is 8.42 Å². The number of rotatable bonds is 5. The molecule has 128 valence electrons. The van der Waals surface area contributed by atoms with Gasteiger partial charge >= 0.3 is 0 Å². The highest BCUT2D eigenvalue weighted by atomic mass is 32.2. The zero-order chi connectivity index (χ0) is 17.9. The summed E-state index contributed by atoms with van der Waals surface area (Å²) in [7, 11) is -3.60. The van der Waals surface area contributed by atoms with Gasteiger partial charge in [0.1, 0.15) is 6.04 Å². The van der Waals surface area contributed by atoms with Crippen LogP contribution in [-0.4, -0.2) is 26.6 Å². The topological polar surface area (TPSA) is 66.5 Å². The first kappa shape index (κ1) is 18.0. The van der Waals surface area contributed by atoms with E-state index in [1.807, 2.05) is 32.0 Å². The molecular weight excluding hydrogens is 324 g/mol. The third kappa shape index (κ3) is 4.14. The minimum absolute atomic E-state index is 0.378. The maximum atomic E-state index is 12.6. The van der Waals surface area contributed by atoms with Gasteiger partial charge in [-0.2, -0.15) is 0 Å². The molecule has 1 amide bonds. The van der Waals surface area contributed by atoms with Gasteiger partial charge in [-0.05, 0) is 44.5 Å². The van der Waals surface area contributed by atoms with E-state index < -0.39 is 16.1 Å². The van der Waals surface area contributed by atoms with Crippen molar-refractivity contribution in [2.24, 2.45) is 0 Å². The molecule has 0 heterocycles. The first-order valence-electron chi connectivity index (χ1n) is 7.62. The zero-order valence-corrected chi connectivity index (χ0v) is 15.1. The van der Waals surface area contributed by atoms with Crippen LogP contribution in [0.1, 0.15) is 18.1 Å². The largest absolute Gasteiger partial charge is 0.324 e. The Kier molecular flexibility index (Phi) is 5.29. The average molecular weight is 346 g/mol. The van der Waals surface area contributed by atoms with Crippen LogP contribution >= 0.6 is 0 Å². The lowest BCUT2D eigenvalue weighted by atomic mass is 10.1. The minimum Gasteiger partial charge on any atom is -0.324 e. The summed E-state index contributed by atoms with van der Waals surface area (Å²) >= 11 is 0. The van der Waals surface area contributed by atoms with Crippen LogP contribution in [0.25, 0.3) is 0 Å². The number of carbonyl (C=O) groups excluding carboxylic acids is 1. The van der Waals surface area contributed by atoms with Crippen LogP contribution in [0.5, 0.6) is 0 Å². The first-order chi connectivity index (χ1) is 11.2. The molecule has 0 spiro atoms. The molecule has 0 aliphatic heterocycles. The van der Waals surface area contributed by atoms with Gasteiger partial charge in [-0.1, -0.05) is 35.9 Å². The molecule has 0 aliphatic carbocycles. The highest BCUT2D eigenvalue weighted by molar-refractivity contribution is 7.92. The quantitative estimate of drug-likeness (QED) is 0.905. The fraction of sp³-hybridized carbons (Fsp3) is 0.278. The summed E-state index contributed by atoms with van der Waals surface area (Å²) in [5, 5.41) is 2.81. The van der Waals surface area contributed by atoms with Crippen molar-refractivity contribution in [3.05, 3.63) is 59.7 Å². The minimum atomic E-state index is -3.60. The van der Waals surface area contributed by atoms with E-state index in [0.29, 0.717) is 11.4 Å². The second-order valence-electron chi connectivity index (χ2n) is 5.88. The molecule has 0 saturated heterocycles. The Morgan fingerprint density at radius 3 is 2.25 bits per heavy atom. The third-order valence-corrected chi connectivity index (χ3v) is 4.98. The van der Waals surface area contributed by atoms with Gasteiger partial charge in [0.2, 0.25) is 15.9 Å². The summed E-state index contributed by atoms with van der Waals surface area (Å²) in [6, 6.07) is 13.4. The average Bonchev–Trinajstić information content (AvgIpc) is 2.49. The van der Waals surface area contributed by atoms with Crippen molar-refractivity contribution in [3.8, 4) is 0 Å². The van der Waals surface area contributed by atoms with Crippen LogP contribution in [0.2, 0.25) is 0 Å². The Balaban J connectivity index is 2.29. The van der Waals surface area contributed by atoms with Crippen molar-refractivity contribution in [3.63, 3.8) is 0 Å². The molecule has 1 N–H and O–H groups in total. The van der Waals surface area contributed by atoms with E-state index in [1.165, 1.54) is 0 Å². The van der Waals surface area contributed by atoms with Crippen molar-refractivity contribution in [1.29, 1.82) is 0 Å². The molecule has 0 aliphatic rings. The molecule has 0 bridgehead atoms. The number of sulfonamides is 1. The van der Waals surface area contributed by atoms with E-state index in [2.05, 4.69) is 5.32 Å². The van der Waals surface area contributed by atoms with Gasteiger partial charge in [0.05, 0.1) is 11.9 Å². The molecule has 6 heteroatoms. The lowest BCUT2D eigenvalue weighted by Gasteiger charge is -2.28. The smallest absolute Gasteiger partial charge is 0.248 e. The maximum Gasteiger partial charge on any atom is 0.248 e. The van der Waals surface area contributed by atoms with Crippen LogP contribution in [0, 0.1) is 13.8 Å². The molecule has 0 unspecified atom stereocenters. The summed E-state index contributed by atoms with van der Waals surface area (Å²) in [4.78, 5) is 12.6. The molecule has 2 aromatic carbocycles. The monoisotopic (exact) mass is 346 g/mol. The summed E-state index contributed by atoms with van der Waals surface area (Å²) in [6.45, 7) is 5.45. The number of nitrogens with one attached hydrogen (secondary N) is 1. The van der Waals surface area contributed by atoms with Crippen molar-refractivity contribution in [1.82, 2.24) is 0 Å². The molecular formula is C18H22N2O3S. The van der Waals surface area contributed by atoms with E-state index in [9.17, 15) is 13.2 Å². The van der Waals surface area contributed by atoms with Crippen LogP contribution < -0.4 is 9.62 Å². The highest BCUT2D eigenvalue weighted by Gasteiger charge is 2.29. The molecule has 24 heavy (non-hydrogen) atoms. The van der Waals surface area contributed by atoms with E-state index in [-0.39, 0.29) is 5.91 Å². The van der Waals surface area contributed by atoms with Gasteiger partial charge < -0.3 is 5.32 Å². The SMILES string of the molecule is Cc1ccc(NC(=O)[C@H](C)N(c2ccccc2)S(C)(=O)=O)c(C)c1. The molecule has 2 aromatic rings. The lowest BCUT2D eigenvalue weighted by Crippen LogP contribution is -2.45. The first-order valence-corrected chi connectivity index (χ1v) is 9.47. The van der Waals surface area contributed by atoms with Gasteiger partial charge in [-0.3, -0.25) is 9.10 Å². The van der Waals surface area contributed by atoms with Gasteiger partial charge in [-0.15, -0.1) is 0 Å². The van der Waals surface area contributed by atoms with Crippen LogP contribution in [0.4, 0.5) is 11.4 Å². The zero-order valence-electron chi connectivity index (χ0n) is 14.3. The summed E-state index contributed by atoms with van der Waals surface area (Å²) in [6.07, 6.45) is 1.10. The maximum absolute atomic E-state index is 12.6. The number of aryl methyl sites for hydroxylation is 2. The van der Waals surface area contributed by atoms with Crippen molar-refractivity contribution < 1.29 is 13.2 Å². The molecule has 5 nitrogen and oxygen atoms in total. The molecule has 1 atom stereocenters. The highest BCUT2D eigenvalue weighted by Crippen LogP contribution is 2.22. The number of amides is 1. The van der Waals surface area contributed by atoms with Crippen molar-refractivity contribution >= 4 is 27.3 Å². The number of hydrogen-bond acceptors (Lipinski definition) is 3. The Hall–Kier alpha value is -2.34. The van der Waals surface area contributed by atoms with Crippen LogP contribution in [0.15, 0.2) is 48.5 Å². The second-order valence-corrected chi connectivity index (χ2v) is 7.74. The Morgan fingerprint density at radius 1 is 1.08 bits per heavy atom. The van der Waals surface area contributed by atoms with Gasteiger partial charge in [0, 0.05) is 5.69 Å². The van der Waals surface area contributed by atoms with E-state index in [4.69, 9.17) is 0 Å². The number of anilines is 2. The summed E-state index contributed by atoms with van der Waals surface area (Å²) in [5.41, 5.74) is 3.17. The molecule has 0 saturated carbocycles. The van der Waals surface area contributed by atoms with E-state index >= 15 is 0 Å². The Bertz CT molecular complexity index is 833. The fourth-order valence-corrected chi connectivity index (χ4v) is 3.75. The normalized spacial score (nSPS) is 12.5. The Labute approximate surface area is 143 Å². The predicted octanol–water partition coefficient (Wildman–Crippen LogP) is 3.10. The fourth-order valence-electron chi connectivity index (χ4n) is 2.57. The molecule has 0 aromatic heterocycles. The number of benzene rings is 2. The van der Waals surface area contributed by atoms with Gasteiger partial charge in [0.25, 0.3) is 0 Å². The summed E-state index contributed by atoms with van der Waals surface area (Å²) < 4.78 is 25.5. The number of hydrogen-bond donors (Lipinski definition) is 1. The van der Waals surface area contributed by atoms with E-state index in [0.717, 1.165) is 21.7 Å². The number of carbonyl (C=O) groups is 1. The number of para-hydroxylation sites is 1. The number of nitrogens with zero attached hydrogens (tertiary/aromatic N) is 1. The second kappa shape index (κ2) is 7.05. The van der Waals surface area contributed by atoms with Crippen molar-refractivity contribution in [2.75, 3.05) is 15.9 Å². The molecule has 0 radical (unpaired) electrons. The summed E-state index contributed by atoms with van der Waals surface area (Å²) in [5.74, 6) is -0.378. The van der Waals surface area contributed by atoms with Gasteiger partial charge in [0.15, 0.2) is 0 Å². The van der Waals surface area contributed by atoms with Crippen LogP contribution in [0.3, 0.4) is 0 Å². The molecule has 2 rings (SSSR count). The standard InChI is InChI=1S/C18H22N2O3S/c1-13-10-11-17(14(2)12-13)19-18(21)15(3)20(24(4,22)23)16-8-6-5-7-9-16/h5-12,15H,1-4H3,(H,19,21)/t15-/m0/s1. The Morgan fingerprint density at radius 2 is 1.71 bits per heavy atom. The molecule has 0 fully saturated rings. The van der Waals surface area contributed by atoms with Crippen LogP contribution in [-0.2, 0) is 14.8 Å². The third-order valence-electron chi connectivity index (χ3n) is 3.74. The lowest BCUT2D eigenvalue weighted by molar-refractivity contribution is -0.116. The van der Waals surface area contributed by atoms with E-state index in [1.54, 1.807) is 37.3 Å². The van der Waals surface area contributed by atoms with Crippen molar-refractivity contribution in [2.45, 2.75) is 26.8 Å².